The fourth-order valence-corrected chi connectivity index (χ4v) is 1.68. The number of ketones is 1. The zero-order valence-corrected chi connectivity index (χ0v) is 9.64. The lowest BCUT2D eigenvalue weighted by Crippen LogP contribution is -2.29. The Labute approximate surface area is 104 Å². The average Bonchev–Trinajstić information content (AvgIpc) is 2.68. The van der Waals surface area contributed by atoms with Crippen molar-refractivity contribution in [3.8, 4) is 12.3 Å². The summed E-state index contributed by atoms with van der Waals surface area (Å²) in [6.45, 7) is 1.39. The number of anilines is 1. The summed E-state index contributed by atoms with van der Waals surface area (Å²) in [5, 5.41) is 0. The van der Waals surface area contributed by atoms with Gasteiger partial charge in [-0.15, -0.1) is 6.42 Å². The SMILES string of the molecule is C#Cc1cc(C(C)=O)cc(N2C(=O)C=CC2=O)c1. The second-order valence-electron chi connectivity index (χ2n) is 3.81. The third-order valence-corrected chi connectivity index (χ3v) is 2.56. The highest BCUT2D eigenvalue weighted by atomic mass is 16.2. The van der Waals surface area contributed by atoms with E-state index < -0.39 is 11.8 Å². The van der Waals surface area contributed by atoms with E-state index in [1.807, 2.05) is 0 Å². The molecule has 0 atom stereocenters. The van der Waals surface area contributed by atoms with Crippen LogP contribution in [0.5, 0.6) is 0 Å². The fraction of sp³-hybridized carbons (Fsp3) is 0.0714. The Bertz CT molecular complexity index is 617. The Morgan fingerprint density at radius 1 is 1.17 bits per heavy atom. The molecule has 1 aliphatic rings. The number of hydrogen-bond donors (Lipinski definition) is 0. The van der Waals surface area contributed by atoms with Gasteiger partial charge in [0.05, 0.1) is 5.69 Å². The highest BCUT2D eigenvalue weighted by Gasteiger charge is 2.25. The van der Waals surface area contributed by atoms with Crippen LogP contribution in [0.4, 0.5) is 5.69 Å². The monoisotopic (exact) mass is 239 g/mol. The van der Waals surface area contributed by atoms with E-state index >= 15 is 0 Å². The zero-order chi connectivity index (χ0) is 13.3. The molecular weight excluding hydrogens is 230 g/mol. The van der Waals surface area contributed by atoms with Gasteiger partial charge in [-0.25, -0.2) is 4.90 Å². The molecule has 0 radical (unpaired) electrons. The van der Waals surface area contributed by atoms with E-state index in [-0.39, 0.29) is 5.78 Å². The van der Waals surface area contributed by atoms with Crippen LogP contribution in [0.3, 0.4) is 0 Å². The third kappa shape index (κ3) is 1.94. The standard InChI is InChI=1S/C14H9NO3/c1-3-10-6-11(9(2)16)8-12(7-10)15-13(17)4-5-14(15)18/h1,4-8H,2H3. The number of rotatable bonds is 2. The topological polar surface area (TPSA) is 54.5 Å². The van der Waals surface area contributed by atoms with Crippen LogP contribution in [-0.2, 0) is 9.59 Å². The van der Waals surface area contributed by atoms with Crippen LogP contribution in [0, 0.1) is 12.3 Å². The molecule has 0 aliphatic carbocycles. The van der Waals surface area contributed by atoms with Crippen LogP contribution in [0.2, 0.25) is 0 Å². The van der Waals surface area contributed by atoms with Gasteiger partial charge in [0.2, 0.25) is 0 Å². The van der Waals surface area contributed by atoms with Crippen LogP contribution in [0.1, 0.15) is 22.8 Å². The number of hydrogen-bond acceptors (Lipinski definition) is 3. The molecule has 1 aromatic rings. The van der Waals surface area contributed by atoms with Gasteiger partial charge in [0, 0.05) is 23.3 Å². The molecule has 0 N–H and O–H groups in total. The first-order chi connectivity index (χ1) is 8.52. The van der Waals surface area contributed by atoms with Crippen LogP contribution in [0.25, 0.3) is 0 Å². The molecule has 4 nitrogen and oxygen atoms in total. The van der Waals surface area contributed by atoms with Gasteiger partial charge in [-0.05, 0) is 25.1 Å². The number of carbonyl (C=O) groups is 3. The van der Waals surface area contributed by atoms with Crippen molar-refractivity contribution in [1.82, 2.24) is 0 Å². The molecule has 1 aliphatic heterocycles. The second-order valence-corrected chi connectivity index (χ2v) is 3.81. The number of benzene rings is 1. The highest BCUT2D eigenvalue weighted by molar-refractivity contribution is 6.28. The average molecular weight is 239 g/mol. The summed E-state index contributed by atoms with van der Waals surface area (Å²) in [5.41, 5.74) is 1.13. The summed E-state index contributed by atoms with van der Waals surface area (Å²) in [6.07, 6.45) is 7.65. The molecule has 1 heterocycles. The van der Waals surface area contributed by atoms with E-state index in [1.165, 1.54) is 31.2 Å². The molecule has 4 heteroatoms. The van der Waals surface area contributed by atoms with Crippen molar-refractivity contribution in [2.45, 2.75) is 6.92 Å². The minimum absolute atomic E-state index is 0.180. The van der Waals surface area contributed by atoms with E-state index in [9.17, 15) is 14.4 Å². The maximum atomic E-state index is 11.5. The van der Waals surface area contributed by atoms with Crippen molar-refractivity contribution >= 4 is 23.3 Å². The minimum atomic E-state index is -0.441. The predicted molar refractivity (Wildman–Crippen MR) is 66.0 cm³/mol. The molecule has 1 aromatic carbocycles. The van der Waals surface area contributed by atoms with Gasteiger partial charge < -0.3 is 0 Å². The molecule has 0 bridgehead atoms. The largest absolute Gasteiger partial charge is 0.295 e. The molecule has 2 amide bonds. The van der Waals surface area contributed by atoms with E-state index in [0.717, 1.165) is 4.90 Å². The Morgan fingerprint density at radius 2 is 1.78 bits per heavy atom. The van der Waals surface area contributed by atoms with E-state index in [4.69, 9.17) is 6.42 Å². The predicted octanol–water partition coefficient (Wildman–Crippen LogP) is 1.30. The number of carbonyl (C=O) groups excluding carboxylic acids is 3. The Kier molecular flexibility index (Phi) is 2.82. The lowest BCUT2D eigenvalue weighted by Gasteiger charge is -2.15. The first-order valence-electron chi connectivity index (χ1n) is 5.21. The zero-order valence-electron chi connectivity index (χ0n) is 9.64. The summed E-state index contributed by atoms with van der Waals surface area (Å²) in [5.74, 6) is 1.33. The third-order valence-electron chi connectivity index (χ3n) is 2.56. The summed E-state index contributed by atoms with van der Waals surface area (Å²) in [7, 11) is 0. The molecule has 0 unspecified atom stereocenters. The molecule has 18 heavy (non-hydrogen) atoms. The lowest BCUT2D eigenvalue weighted by molar-refractivity contribution is -0.119. The molecule has 2 rings (SSSR count). The summed E-state index contributed by atoms with van der Waals surface area (Å²) < 4.78 is 0. The van der Waals surface area contributed by atoms with Crippen molar-refractivity contribution in [3.63, 3.8) is 0 Å². The van der Waals surface area contributed by atoms with Gasteiger partial charge in [0.1, 0.15) is 0 Å². The van der Waals surface area contributed by atoms with E-state index in [0.29, 0.717) is 16.8 Å². The van der Waals surface area contributed by atoms with Crippen LogP contribution in [-0.4, -0.2) is 17.6 Å². The Hall–Kier alpha value is -2.67. The summed E-state index contributed by atoms with van der Waals surface area (Å²) in [4.78, 5) is 35.4. The quantitative estimate of drug-likeness (QED) is 0.444. The lowest BCUT2D eigenvalue weighted by atomic mass is 10.1. The molecule has 0 fully saturated rings. The van der Waals surface area contributed by atoms with Gasteiger partial charge in [-0.2, -0.15) is 0 Å². The first-order valence-corrected chi connectivity index (χ1v) is 5.21. The van der Waals surface area contributed by atoms with Crippen molar-refractivity contribution in [2.75, 3.05) is 4.90 Å². The number of Topliss-reactive ketones (excluding diaryl/α,β-unsaturated/α-hetero) is 1. The van der Waals surface area contributed by atoms with Crippen LogP contribution >= 0.6 is 0 Å². The van der Waals surface area contributed by atoms with Crippen molar-refractivity contribution in [3.05, 3.63) is 41.5 Å². The van der Waals surface area contributed by atoms with Crippen molar-refractivity contribution in [1.29, 1.82) is 0 Å². The minimum Gasteiger partial charge on any atom is -0.295 e. The number of terminal acetylenes is 1. The summed E-state index contributed by atoms with van der Waals surface area (Å²) >= 11 is 0. The number of imide groups is 1. The van der Waals surface area contributed by atoms with Gasteiger partial charge in [0.25, 0.3) is 11.8 Å². The van der Waals surface area contributed by atoms with Gasteiger partial charge >= 0.3 is 0 Å². The maximum Gasteiger partial charge on any atom is 0.258 e. The molecule has 0 spiro atoms. The van der Waals surface area contributed by atoms with Gasteiger partial charge in [0.15, 0.2) is 5.78 Å². The molecule has 0 saturated carbocycles. The Balaban J connectivity index is 2.55. The number of nitrogens with zero attached hydrogens (tertiary/aromatic N) is 1. The van der Waals surface area contributed by atoms with E-state index in [1.54, 1.807) is 6.07 Å². The maximum absolute atomic E-state index is 11.5. The van der Waals surface area contributed by atoms with Gasteiger partial charge in [-0.3, -0.25) is 14.4 Å². The van der Waals surface area contributed by atoms with Crippen LogP contribution < -0.4 is 4.90 Å². The molecule has 0 aromatic heterocycles. The number of amides is 2. The molecular formula is C14H9NO3. The van der Waals surface area contributed by atoms with Crippen LogP contribution in [0.15, 0.2) is 30.4 Å². The summed E-state index contributed by atoms with van der Waals surface area (Å²) in [6, 6.07) is 4.55. The van der Waals surface area contributed by atoms with Gasteiger partial charge in [-0.1, -0.05) is 5.92 Å². The smallest absolute Gasteiger partial charge is 0.258 e. The first kappa shape index (κ1) is 11.8. The normalized spacial score (nSPS) is 13.9. The Morgan fingerprint density at radius 3 is 2.28 bits per heavy atom. The molecule has 88 valence electrons. The molecule has 0 saturated heterocycles. The van der Waals surface area contributed by atoms with Crippen molar-refractivity contribution < 1.29 is 14.4 Å². The fourth-order valence-electron chi connectivity index (χ4n) is 1.68. The van der Waals surface area contributed by atoms with Crippen molar-refractivity contribution in [2.24, 2.45) is 0 Å². The van der Waals surface area contributed by atoms with E-state index in [2.05, 4.69) is 5.92 Å². The second kappa shape index (κ2) is 4.30. The highest BCUT2D eigenvalue weighted by Crippen LogP contribution is 2.22.